The Hall–Kier alpha value is -2.23. The first-order chi connectivity index (χ1) is 14.0. The van der Waals surface area contributed by atoms with E-state index in [-0.39, 0.29) is 30.5 Å². The number of hydrogen-bond acceptors (Lipinski definition) is 7. The predicted octanol–water partition coefficient (Wildman–Crippen LogP) is 2.76. The van der Waals surface area contributed by atoms with Crippen molar-refractivity contribution in [1.82, 2.24) is 14.5 Å². The smallest absolute Gasteiger partial charge is 0.348 e. The number of nitrogens with one attached hydrogen (secondary N) is 1. The zero-order chi connectivity index (χ0) is 20.4. The molecule has 2 heterocycles. The fraction of sp³-hybridized carbons (Fsp3) is 0.400. The van der Waals surface area contributed by atoms with Gasteiger partial charge in [-0.2, -0.15) is 4.98 Å². The second-order valence-corrected chi connectivity index (χ2v) is 9.03. The summed E-state index contributed by atoms with van der Waals surface area (Å²) in [6, 6.07) is 6.00. The number of benzene rings is 1. The molecule has 0 spiro atoms. The molecule has 3 aromatic rings. The van der Waals surface area contributed by atoms with E-state index in [2.05, 4.69) is 21.4 Å². The first-order valence-corrected chi connectivity index (χ1v) is 11.4. The van der Waals surface area contributed by atoms with Crippen molar-refractivity contribution in [1.29, 1.82) is 0 Å². The molecule has 1 aromatic carbocycles. The molecular formula is C20H22N4O3S2. The van der Waals surface area contributed by atoms with Crippen molar-refractivity contribution in [3.63, 3.8) is 0 Å². The maximum atomic E-state index is 12.4. The van der Waals surface area contributed by atoms with Gasteiger partial charge in [0.2, 0.25) is 5.91 Å². The number of hydrogen-bond donors (Lipinski definition) is 2. The Balaban J connectivity index is 1.48. The molecule has 7 nitrogen and oxygen atoms in total. The highest BCUT2D eigenvalue weighted by Gasteiger charge is 2.21. The van der Waals surface area contributed by atoms with Crippen LogP contribution < -0.4 is 11.0 Å². The molecule has 2 aromatic heterocycles. The Labute approximate surface area is 176 Å². The molecule has 0 saturated carbocycles. The SMILES string of the molecule is Cc1ccc2nc(NC(=O)CSc3nc(=O)n(CCO)c4c3CCCC4)sc2c1. The second kappa shape index (κ2) is 8.64. The van der Waals surface area contributed by atoms with Crippen molar-refractivity contribution >= 4 is 44.4 Å². The average molecular weight is 431 g/mol. The number of anilines is 1. The molecule has 1 aliphatic carbocycles. The van der Waals surface area contributed by atoms with Crippen LogP contribution in [0.25, 0.3) is 10.2 Å². The molecule has 152 valence electrons. The highest BCUT2D eigenvalue weighted by Crippen LogP contribution is 2.29. The van der Waals surface area contributed by atoms with Gasteiger partial charge in [-0.15, -0.1) is 0 Å². The van der Waals surface area contributed by atoms with Gasteiger partial charge in [0.15, 0.2) is 5.13 Å². The highest BCUT2D eigenvalue weighted by atomic mass is 32.2. The molecule has 4 rings (SSSR count). The zero-order valence-corrected chi connectivity index (χ0v) is 17.7. The van der Waals surface area contributed by atoms with E-state index in [4.69, 9.17) is 0 Å². The Kier molecular flexibility index (Phi) is 5.98. The Morgan fingerprint density at radius 1 is 1.31 bits per heavy atom. The van der Waals surface area contributed by atoms with E-state index >= 15 is 0 Å². The first-order valence-electron chi connectivity index (χ1n) is 9.58. The van der Waals surface area contributed by atoms with Crippen molar-refractivity contribution < 1.29 is 9.90 Å². The highest BCUT2D eigenvalue weighted by molar-refractivity contribution is 8.00. The molecule has 0 atom stereocenters. The number of thiazole rings is 1. The summed E-state index contributed by atoms with van der Waals surface area (Å²) >= 11 is 2.74. The summed E-state index contributed by atoms with van der Waals surface area (Å²) in [5, 5.41) is 13.3. The normalized spacial score (nSPS) is 13.4. The van der Waals surface area contributed by atoms with Crippen LogP contribution in [0.5, 0.6) is 0 Å². The van der Waals surface area contributed by atoms with Gasteiger partial charge in [-0.25, -0.2) is 9.78 Å². The number of rotatable bonds is 6. The number of nitrogens with zero attached hydrogens (tertiary/aromatic N) is 3. The first kappa shape index (κ1) is 20.1. The minimum atomic E-state index is -0.357. The van der Waals surface area contributed by atoms with Crippen LogP contribution in [0.2, 0.25) is 0 Å². The molecule has 29 heavy (non-hydrogen) atoms. The van der Waals surface area contributed by atoms with Gasteiger partial charge in [-0.05, 0) is 50.3 Å². The Bertz CT molecular complexity index is 1120. The van der Waals surface area contributed by atoms with E-state index in [1.54, 1.807) is 4.57 Å². The number of aromatic nitrogens is 3. The number of carbonyl (C=O) groups excluding carboxylic acids is 1. The van der Waals surface area contributed by atoms with Crippen LogP contribution in [0.4, 0.5) is 5.13 Å². The number of aliphatic hydroxyl groups excluding tert-OH is 1. The van der Waals surface area contributed by atoms with Gasteiger partial charge >= 0.3 is 5.69 Å². The van der Waals surface area contributed by atoms with Crippen molar-refractivity contribution in [2.75, 3.05) is 17.7 Å². The Morgan fingerprint density at radius 3 is 2.97 bits per heavy atom. The van der Waals surface area contributed by atoms with Crippen molar-refractivity contribution in [3.05, 3.63) is 45.5 Å². The van der Waals surface area contributed by atoms with Crippen molar-refractivity contribution in [3.8, 4) is 0 Å². The van der Waals surface area contributed by atoms with E-state index in [0.717, 1.165) is 52.7 Å². The van der Waals surface area contributed by atoms with Crippen LogP contribution >= 0.6 is 23.1 Å². The third-order valence-corrected chi connectivity index (χ3v) is 6.86. The van der Waals surface area contributed by atoms with Gasteiger partial charge in [-0.3, -0.25) is 9.36 Å². The van der Waals surface area contributed by atoms with E-state index < -0.39 is 0 Å². The van der Waals surface area contributed by atoms with E-state index in [0.29, 0.717) is 10.2 Å². The standard InChI is InChI=1S/C20H22N4O3S2/c1-12-6-7-14-16(10-12)29-19(21-14)22-17(26)11-28-18-13-4-2-3-5-15(13)24(8-9-25)20(27)23-18/h6-7,10,25H,2-5,8-9,11H2,1H3,(H,21,22,26). The molecule has 0 fully saturated rings. The summed E-state index contributed by atoms with van der Waals surface area (Å²) in [6.07, 6.45) is 3.70. The molecule has 9 heteroatoms. The average Bonchev–Trinajstić information content (AvgIpc) is 3.10. The fourth-order valence-corrected chi connectivity index (χ4v) is 5.43. The lowest BCUT2D eigenvalue weighted by molar-refractivity contribution is -0.113. The predicted molar refractivity (Wildman–Crippen MR) is 116 cm³/mol. The fourth-order valence-electron chi connectivity index (χ4n) is 3.57. The lowest BCUT2D eigenvalue weighted by atomic mass is 9.97. The van der Waals surface area contributed by atoms with Gasteiger partial charge in [0.25, 0.3) is 0 Å². The minimum Gasteiger partial charge on any atom is -0.395 e. The second-order valence-electron chi connectivity index (χ2n) is 7.03. The maximum absolute atomic E-state index is 12.4. The maximum Gasteiger partial charge on any atom is 0.348 e. The minimum absolute atomic E-state index is 0.0926. The van der Waals surface area contributed by atoms with E-state index in [1.165, 1.54) is 23.1 Å². The molecular weight excluding hydrogens is 408 g/mol. The van der Waals surface area contributed by atoms with Crippen LogP contribution in [0, 0.1) is 6.92 Å². The molecule has 2 N–H and O–H groups in total. The van der Waals surface area contributed by atoms with Gasteiger partial charge < -0.3 is 10.4 Å². The number of aliphatic hydroxyl groups is 1. The van der Waals surface area contributed by atoms with Crippen molar-refractivity contribution in [2.45, 2.75) is 44.2 Å². The van der Waals surface area contributed by atoms with Crippen LogP contribution in [0.1, 0.15) is 29.7 Å². The van der Waals surface area contributed by atoms with Gasteiger partial charge in [-0.1, -0.05) is 29.2 Å². The van der Waals surface area contributed by atoms with Crippen molar-refractivity contribution in [2.24, 2.45) is 0 Å². The lowest BCUT2D eigenvalue weighted by Crippen LogP contribution is -2.31. The third kappa shape index (κ3) is 4.36. The number of thioether (sulfide) groups is 1. The summed E-state index contributed by atoms with van der Waals surface area (Å²) < 4.78 is 2.61. The zero-order valence-electron chi connectivity index (χ0n) is 16.1. The Morgan fingerprint density at radius 2 is 2.14 bits per heavy atom. The topological polar surface area (TPSA) is 97.1 Å². The number of fused-ring (bicyclic) bond motifs is 2. The van der Waals surface area contributed by atoms with E-state index in [9.17, 15) is 14.7 Å². The van der Waals surface area contributed by atoms with Crippen LogP contribution in [0.15, 0.2) is 28.0 Å². The van der Waals surface area contributed by atoms with E-state index in [1.807, 2.05) is 19.1 Å². The summed E-state index contributed by atoms with van der Waals surface area (Å²) in [6.45, 7) is 2.19. The lowest BCUT2D eigenvalue weighted by Gasteiger charge is -2.22. The molecule has 0 unspecified atom stereocenters. The third-order valence-electron chi connectivity index (χ3n) is 4.90. The molecule has 1 aliphatic rings. The number of carbonyl (C=O) groups is 1. The summed E-state index contributed by atoms with van der Waals surface area (Å²) in [5.41, 5.74) is 3.66. The molecule has 0 aliphatic heterocycles. The molecule has 0 radical (unpaired) electrons. The van der Waals surface area contributed by atoms with Gasteiger partial charge in [0.05, 0.1) is 29.1 Å². The molecule has 0 bridgehead atoms. The monoisotopic (exact) mass is 430 g/mol. The van der Waals surface area contributed by atoms with Gasteiger partial charge in [0.1, 0.15) is 5.03 Å². The van der Waals surface area contributed by atoms with Crippen LogP contribution in [-0.2, 0) is 24.2 Å². The quantitative estimate of drug-likeness (QED) is 0.461. The molecule has 1 amide bonds. The number of aryl methyl sites for hydroxylation is 1. The van der Waals surface area contributed by atoms with Crippen LogP contribution in [-0.4, -0.2) is 37.9 Å². The summed E-state index contributed by atoms with van der Waals surface area (Å²) in [7, 11) is 0. The molecule has 0 saturated heterocycles. The van der Waals surface area contributed by atoms with Crippen LogP contribution in [0.3, 0.4) is 0 Å². The number of amides is 1. The summed E-state index contributed by atoms with van der Waals surface area (Å²) in [5.74, 6) is -0.00522. The van der Waals surface area contributed by atoms with Gasteiger partial charge in [0, 0.05) is 11.3 Å². The largest absolute Gasteiger partial charge is 0.395 e. The summed E-state index contributed by atoms with van der Waals surface area (Å²) in [4.78, 5) is 33.5.